The average Bonchev–Trinajstić information content (AvgIpc) is 2.92. The van der Waals surface area contributed by atoms with Crippen molar-refractivity contribution in [1.82, 2.24) is 9.97 Å². The van der Waals surface area contributed by atoms with Gasteiger partial charge < -0.3 is 9.47 Å². The van der Waals surface area contributed by atoms with Gasteiger partial charge in [0.25, 0.3) is 0 Å². The molecule has 2 heterocycles. The Kier molecular flexibility index (Phi) is 9.63. The van der Waals surface area contributed by atoms with Crippen LogP contribution >= 0.6 is 11.6 Å². The maximum atomic E-state index is 12.0. The molecule has 8 heteroatoms. The molecule has 0 bridgehead atoms. The topological polar surface area (TPSA) is 90.7 Å². The fourth-order valence-electron chi connectivity index (χ4n) is 3.28. The highest BCUT2D eigenvalue weighted by Crippen LogP contribution is 2.23. The number of nitrogens with zero attached hydrogens (tertiary/aromatic N) is 3. The molecule has 0 fully saturated rings. The van der Waals surface area contributed by atoms with E-state index in [1.807, 2.05) is 80.6 Å². The van der Waals surface area contributed by atoms with Gasteiger partial charge >= 0.3 is 11.9 Å². The van der Waals surface area contributed by atoms with Crippen LogP contribution in [0, 0.1) is 13.8 Å². The van der Waals surface area contributed by atoms with Crippen molar-refractivity contribution in [2.45, 2.75) is 13.8 Å². The summed E-state index contributed by atoms with van der Waals surface area (Å²) in [5.74, 6) is -1.01. The molecule has 37 heavy (non-hydrogen) atoms. The lowest BCUT2D eigenvalue weighted by atomic mass is 10.0. The van der Waals surface area contributed by atoms with E-state index >= 15 is 0 Å². The number of aliphatic imine (C=N–C) groups is 1. The van der Waals surface area contributed by atoms with Crippen LogP contribution in [0.3, 0.4) is 0 Å². The van der Waals surface area contributed by atoms with Crippen LogP contribution < -0.4 is 0 Å². The molecule has 0 aliphatic carbocycles. The number of pyridine rings is 2. The van der Waals surface area contributed by atoms with Crippen molar-refractivity contribution < 1.29 is 19.1 Å². The van der Waals surface area contributed by atoms with Crippen molar-refractivity contribution in [2.75, 3.05) is 14.2 Å². The van der Waals surface area contributed by atoms with Gasteiger partial charge in [-0.3, -0.25) is 0 Å². The van der Waals surface area contributed by atoms with Crippen LogP contribution in [0.2, 0.25) is 5.02 Å². The van der Waals surface area contributed by atoms with Crippen molar-refractivity contribution in [3.05, 3.63) is 124 Å². The lowest BCUT2D eigenvalue weighted by molar-refractivity contribution is 0.0586. The van der Waals surface area contributed by atoms with Crippen molar-refractivity contribution in [3.63, 3.8) is 0 Å². The van der Waals surface area contributed by atoms with Gasteiger partial charge in [-0.2, -0.15) is 0 Å². The molecule has 0 saturated heterocycles. The predicted molar refractivity (Wildman–Crippen MR) is 144 cm³/mol. The molecular formula is C29H26ClN3O4. The Balaban J connectivity index is 0.000000266. The second-order valence-corrected chi connectivity index (χ2v) is 8.31. The van der Waals surface area contributed by atoms with Crippen molar-refractivity contribution >= 4 is 34.9 Å². The number of carbonyl (C=O) groups excluding carboxylic acids is 2. The summed E-state index contributed by atoms with van der Waals surface area (Å²) in [5, 5.41) is 0.321. The zero-order valence-electron chi connectivity index (χ0n) is 20.9. The van der Waals surface area contributed by atoms with Crippen molar-refractivity contribution in [2.24, 2.45) is 4.99 Å². The van der Waals surface area contributed by atoms with E-state index in [4.69, 9.17) is 21.3 Å². The molecule has 188 valence electrons. The summed E-state index contributed by atoms with van der Waals surface area (Å²) < 4.78 is 9.31. The number of esters is 2. The molecule has 2 aromatic carbocycles. The highest BCUT2D eigenvalue weighted by Gasteiger charge is 2.16. The number of benzene rings is 2. The number of hydrogen-bond donors (Lipinski definition) is 0. The number of aryl methyl sites for hydroxylation is 2. The molecule has 0 amide bonds. The SMILES string of the molecule is COC(=O)c1ncc(C)cc1Cl.COC(=O)c1ncc(C)cc1N=C(c1ccccc1)c1ccccc1. The minimum atomic E-state index is -0.514. The largest absolute Gasteiger partial charge is 0.464 e. The van der Waals surface area contributed by atoms with Gasteiger partial charge in [0.05, 0.1) is 30.6 Å². The molecule has 0 N–H and O–H groups in total. The van der Waals surface area contributed by atoms with Gasteiger partial charge in [-0.15, -0.1) is 0 Å². The fourth-order valence-corrected chi connectivity index (χ4v) is 3.58. The lowest BCUT2D eigenvalue weighted by Gasteiger charge is -2.10. The molecule has 0 aliphatic heterocycles. The number of hydrogen-bond acceptors (Lipinski definition) is 7. The lowest BCUT2D eigenvalue weighted by Crippen LogP contribution is -2.07. The standard InChI is InChI=1S/C21H18N2O2.C8H8ClNO2/c1-15-13-18(20(22-14-15)21(24)25-2)23-19(16-9-5-3-6-10-16)17-11-7-4-8-12-17;1-5-3-6(9)7(10-4-5)8(11)12-2/h3-14H,1-2H3;3-4H,1-2H3. The smallest absolute Gasteiger partial charge is 0.358 e. The van der Waals surface area contributed by atoms with E-state index in [0.29, 0.717) is 10.7 Å². The van der Waals surface area contributed by atoms with Crippen LogP contribution in [-0.2, 0) is 9.47 Å². The quantitative estimate of drug-likeness (QED) is 0.233. The number of carbonyl (C=O) groups is 2. The van der Waals surface area contributed by atoms with Crippen LogP contribution in [0.5, 0.6) is 0 Å². The molecule has 0 spiro atoms. The Morgan fingerprint density at radius 1 is 0.730 bits per heavy atom. The van der Waals surface area contributed by atoms with E-state index in [9.17, 15) is 9.59 Å². The van der Waals surface area contributed by atoms with Gasteiger partial charge in [0.2, 0.25) is 0 Å². The van der Waals surface area contributed by atoms with Crippen LogP contribution in [0.15, 0.2) is 90.2 Å². The summed E-state index contributed by atoms with van der Waals surface area (Å²) in [6, 6.07) is 23.2. The van der Waals surface area contributed by atoms with Gasteiger partial charge in [0, 0.05) is 23.5 Å². The Morgan fingerprint density at radius 2 is 1.19 bits per heavy atom. The van der Waals surface area contributed by atoms with Crippen LogP contribution in [0.25, 0.3) is 0 Å². The summed E-state index contributed by atoms with van der Waals surface area (Å²) >= 11 is 5.74. The first kappa shape index (κ1) is 27.2. The second kappa shape index (κ2) is 13.1. The van der Waals surface area contributed by atoms with E-state index in [2.05, 4.69) is 14.7 Å². The number of methoxy groups -OCH3 is 2. The molecule has 0 radical (unpaired) electrons. The van der Waals surface area contributed by atoms with E-state index in [1.165, 1.54) is 14.2 Å². The number of rotatable bonds is 5. The third kappa shape index (κ3) is 7.32. The molecule has 2 aromatic heterocycles. The highest BCUT2D eigenvalue weighted by atomic mass is 35.5. The van der Waals surface area contributed by atoms with Gasteiger partial charge in [0.1, 0.15) is 0 Å². The van der Waals surface area contributed by atoms with Gasteiger partial charge in [-0.05, 0) is 37.1 Å². The number of ether oxygens (including phenoxy) is 2. The first-order chi connectivity index (χ1) is 17.8. The van der Waals surface area contributed by atoms with Crippen LogP contribution in [0.4, 0.5) is 5.69 Å². The van der Waals surface area contributed by atoms with E-state index in [-0.39, 0.29) is 11.4 Å². The molecule has 4 rings (SSSR count). The number of halogens is 1. The van der Waals surface area contributed by atoms with Crippen molar-refractivity contribution in [1.29, 1.82) is 0 Å². The third-order valence-electron chi connectivity index (χ3n) is 5.07. The maximum absolute atomic E-state index is 12.0. The van der Waals surface area contributed by atoms with Gasteiger partial charge in [-0.1, -0.05) is 72.3 Å². The summed E-state index contributed by atoms with van der Waals surface area (Å²) in [6.07, 6.45) is 3.20. The van der Waals surface area contributed by atoms with Crippen LogP contribution in [0.1, 0.15) is 43.2 Å². The Hall–Kier alpha value is -4.36. The Bertz CT molecular complexity index is 1370. The second-order valence-electron chi connectivity index (χ2n) is 7.90. The third-order valence-corrected chi connectivity index (χ3v) is 5.35. The first-order valence-corrected chi connectivity index (χ1v) is 11.7. The monoisotopic (exact) mass is 515 g/mol. The summed E-state index contributed by atoms with van der Waals surface area (Å²) in [6.45, 7) is 3.76. The van der Waals surface area contributed by atoms with Crippen molar-refractivity contribution in [3.8, 4) is 0 Å². The van der Waals surface area contributed by atoms with Gasteiger partial charge in [-0.25, -0.2) is 24.5 Å². The molecule has 0 aliphatic rings. The maximum Gasteiger partial charge on any atom is 0.358 e. The molecule has 4 aromatic rings. The van der Waals surface area contributed by atoms with E-state index < -0.39 is 11.9 Å². The summed E-state index contributed by atoms with van der Waals surface area (Å²) in [7, 11) is 2.63. The van der Waals surface area contributed by atoms with E-state index in [0.717, 1.165) is 28.0 Å². The van der Waals surface area contributed by atoms with E-state index in [1.54, 1.807) is 18.5 Å². The molecule has 0 unspecified atom stereocenters. The summed E-state index contributed by atoms with van der Waals surface area (Å²) in [4.78, 5) is 35.9. The Morgan fingerprint density at radius 3 is 1.68 bits per heavy atom. The fraction of sp³-hybridized carbons (Fsp3) is 0.138. The molecular weight excluding hydrogens is 490 g/mol. The minimum Gasteiger partial charge on any atom is -0.464 e. The summed E-state index contributed by atoms with van der Waals surface area (Å²) in [5.41, 5.74) is 5.40. The normalized spacial score (nSPS) is 9.97. The predicted octanol–water partition coefficient (Wildman–Crippen LogP) is 6.18. The minimum absolute atomic E-state index is 0.157. The number of aromatic nitrogens is 2. The highest BCUT2D eigenvalue weighted by molar-refractivity contribution is 6.33. The molecule has 7 nitrogen and oxygen atoms in total. The average molecular weight is 516 g/mol. The van der Waals surface area contributed by atoms with Gasteiger partial charge in [0.15, 0.2) is 11.4 Å². The zero-order valence-corrected chi connectivity index (χ0v) is 21.7. The molecule has 0 saturated carbocycles. The Labute approximate surface area is 220 Å². The zero-order chi connectivity index (χ0) is 26.8. The molecule has 0 atom stereocenters. The van der Waals surface area contributed by atoms with Crippen LogP contribution in [-0.4, -0.2) is 41.8 Å². The first-order valence-electron chi connectivity index (χ1n) is 11.3.